The summed E-state index contributed by atoms with van der Waals surface area (Å²) in [7, 11) is 0. The molecule has 22 heavy (non-hydrogen) atoms. The minimum Gasteiger partial charge on any atom is -0.347 e. The molecule has 2 heterocycles. The highest BCUT2D eigenvalue weighted by molar-refractivity contribution is 5.94. The molecular formula is C17H16N4O. The van der Waals surface area contributed by atoms with Crippen LogP contribution in [0.3, 0.4) is 0 Å². The summed E-state index contributed by atoms with van der Waals surface area (Å²) in [5.74, 6) is -0.0916. The molecule has 1 N–H and O–H groups in total. The lowest BCUT2D eigenvalue weighted by atomic mass is 10.0. The van der Waals surface area contributed by atoms with Crippen LogP contribution >= 0.6 is 0 Å². The molecule has 5 nitrogen and oxygen atoms in total. The van der Waals surface area contributed by atoms with Crippen LogP contribution in [0.1, 0.15) is 16.8 Å². The van der Waals surface area contributed by atoms with Gasteiger partial charge in [0.25, 0.3) is 5.91 Å². The maximum absolute atomic E-state index is 12.2. The van der Waals surface area contributed by atoms with Gasteiger partial charge in [0.05, 0.1) is 0 Å². The molecule has 0 saturated carbocycles. The smallest absolute Gasteiger partial charge is 0.251 e. The summed E-state index contributed by atoms with van der Waals surface area (Å²) in [6.45, 7) is 1.31. The second kappa shape index (κ2) is 6.27. The molecule has 5 heteroatoms. The number of hydrogen-bond donors (Lipinski definition) is 1. The number of pyridine rings is 1. The second-order valence-corrected chi connectivity index (χ2v) is 5.32. The highest BCUT2D eigenvalue weighted by Gasteiger charge is 2.23. The molecular weight excluding hydrogens is 276 g/mol. The van der Waals surface area contributed by atoms with E-state index >= 15 is 0 Å². The summed E-state index contributed by atoms with van der Waals surface area (Å²) >= 11 is 0. The van der Waals surface area contributed by atoms with Crippen LogP contribution in [0.2, 0.25) is 0 Å². The Labute approximate surface area is 129 Å². The number of nitrogens with one attached hydrogen (secondary N) is 1. The Kier molecular flexibility index (Phi) is 4.01. The molecule has 1 unspecified atom stereocenters. The standard InChI is InChI=1S/C17H16N4O/c18-12-21-10-7-16(11-21)20-17(22)15-3-1-13(2-4-15)14-5-8-19-9-6-14/h1-6,8-9,16H,7,10-11H2,(H,20,22). The summed E-state index contributed by atoms with van der Waals surface area (Å²) in [5.41, 5.74) is 2.76. The summed E-state index contributed by atoms with van der Waals surface area (Å²) in [5, 5.41) is 11.8. The fourth-order valence-electron chi connectivity index (χ4n) is 2.60. The maximum atomic E-state index is 12.2. The molecule has 1 aromatic carbocycles. The van der Waals surface area contributed by atoms with Crippen molar-refractivity contribution < 1.29 is 4.79 Å². The van der Waals surface area contributed by atoms with Crippen LogP contribution in [0, 0.1) is 11.5 Å². The third-order valence-corrected chi connectivity index (χ3v) is 3.83. The average Bonchev–Trinajstić information content (AvgIpc) is 3.03. The number of likely N-dealkylation sites (tertiary alicyclic amines) is 1. The lowest BCUT2D eigenvalue weighted by Gasteiger charge is -2.12. The van der Waals surface area contributed by atoms with E-state index in [2.05, 4.69) is 16.5 Å². The van der Waals surface area contributed by atoms with E-state index < -0.39 is 0 Å². The van der Waals surface area contributed by atoms with Crippen molar-refractivity contribution in [2.24, 2.45) is 0 Å². The van der Waals surface area contributed by atoms with Gasteiger partial charge in [0.2, 0.25) is 0 Å². The van der Waals surface area contributed by atoms with Crippen molar-refractivity contribution in [1.29, 1.82) is 5.26 Å². The van der Waals surface area contributed by atoms with Gasteiger partial charge in [0, 0.05) is 37.1 Å². The van der Waals surface area contributed by atoms with Crippen LogP contribution in [-0.4, -0.2) is 34.9 Å². The fraction of sp³-hybridized carbons (Fsp3) is 0.235. The van der Waals surface area contributed by atoms with Crippen LogP contribution in [-0.2, 0) is 0 Å². The van der Waals surface area contributed by atoms with Crippen molar-refractivity contribution in [2.75, 3.05) is 13.1 Å². The zero-order valence-corrected chi connectivity index (χ0v) is 12.1. The zero-order chi connectivity index (χ0) is 15.4. The van der Waals surface area contributed by atoms with Crippen molar-refractivity contribution in [1.82, 2.24) is 15.2 Å². The largest absolute Gasteiger partial charge is 0.347 e. The molecule has 1 fully saturated rings. The van der Waals surface area contributed by atoms with Gasteiger partial charge in [-0.15, -0.1) is 0 Å². The normalized spacial score (nSPS) is 17.0. The van der Waals surface area contributed by atoms with Gasteiger partial charge >= 0.3 is 0 Å². The predicted molar refractivity (Wildman–Crippen MR) is 82.7 cm³/mol. The Morgan fingerprint density at radius 3 is 2.50 bits per heavy atom. The summed E-state index contributed by atoms with van der Waals surface area (Å²) < 4.78 is 0. The number of aromatic nitrogens is 1. The molecule has 0 bridgehead atoms. The number of rotatable bonds is 3. The van der Waals surface area contributed by atoms with Crippen LogP contribution in [0.4, 0.5) is 0 Å². The van der Waals surface area contributed by atoms with E-state index in [0.717, 1.165) is 17.5 Å². The first kappa shape index (κ1) is 14.1. The van der Waals surface area contributed by atoms with Gasteiger partial charge in [-0.05, 0) is 41.8 Å². The van der Waals surface area contributed by atoms with E-state index in [4.69, 9.17) is 5.26 Å². The van der Waals surface area contributed by atoms with Gasteiger partial charge in [-0.3, -0.25) is 9.78 Å². The van der Waals surface area contributed by atoms with Crippen LogP contribution < -0.4 is 5.32 Å². The minimum absolute atomic E-state index is 0.0482. The van der Waals surface area contributed by atoms with Gasteiger partial charge in [0.15, 0.2) is 6.19 Å². The van der Waals surface area contributed by atoms with E-state index in [-0.39, 0.29) is 11.9 Å². The van der Waals surface area contributed by atoms with Gasteiger partial charge in [-0.1, -0.05) is 12.1 Å². The monoisotopic (exact) mass is 292 g/mol. The quantitative estimate of drug-likeness (QED) is 0.879. The minimum atomic E-state index is -0.0916. The number of hydrogen-bond acceptors (Lipinski definition) is 4. The molecule has 1 aromatic heterocycles. The van der Waals surface area contributed by atoms with E-state index in [1.807, 2.05) is 36.4 Å². The Morgan fingerprint density at radius 2 is 1.86 bits per heavy atom. The number of carbonyl (C=O) groups excluding carboxylic acids is 1. The molecule has 0 spiro atoms. The van der Waals surface area contributed by atoms with Crippen molar-refractivity contribution >= 4 is 5.91 Å². The average molecular weight is 292 g/mol. The SMILES string of the molecule is N#CN1CCC(NC(=O)c2ccc(-c3ccncc3)cc2)C1. The zero-order valence-electron chi connectivity index (χ0n) is 12.1. The molecule has 1 aliphatic heterocycles. The Morgan fingerprint density at radius 1 is 1.18 bits per heavy atom. The van der Waals surface area contributed by atoms with Gasteiger partial charge in [-0.25, -0.2) is 0 Å². The first-order valence-corrected chi connectivity index (χ1v) is 7.22. The van der Waals surface area contributed by atoms with E-state index in [0.29, 0.717) is 18.7 Å². The molecule has 3 rings (SSSR count). The van der Waals surface area contributed by atoms with Crippen LogP contribution in [0.15, 0.2) is 48.8 Å². The van der Waals surface area contributed by atoms with Gasteiger partial charge in [0.1, 0.15) is 0 Å². The number of carbonyl (C=O) groups is 1. The maximum Gasteiger partial charge on any atom is 0.251 e. The number of amides is 1. The topological polar surface area (TPSA) is 69.0 Å². The molecule has 2 aromatic rings. The summed E-state index contributed by atoms with van der Waals surface area (Å²) in [6.07, 6.45) is 6.42. The molecule has 110 valence electrons. The van der Waals surface area contributed by atoms with Crippen molar-refractivity contribution in [3.8, 4) is 17.3 Å². The highest BCUT2D eigenvalue weighted by atomic mass is 16.1. The first-order valence-electron chi connectivity index (χ1n) is 7.22. The molecule has 0 aliphatic carbocycles. The predicted octanol–water partition coefficient (Wildman–Crippen LogP) is 2.03. The fourth-order valence-corrected chi connectivity index (χ4v) is 2.60. The third-order valence-electron chi connectivity index (χ3n) is 3.83. The van der Waals surface area contributed by atoms with Crippen molar-refractivity contribution in [3.63, 3.8) is 0 Å². The molecule has 1 amide bonds. The van der Waals surface area contributed by atoms with E-state index in [1.165, 1.54) is 0 Å². The van der Waals surface area contributed by atoms with E-state index in [9.17, 15) is 4.79 Å². The molecule has 1 saturated heterocycles. The lowest BCUT2D eigenvalue weighted by molar-refractivity contribution is 0.0939. The van der Waals surface area contributed by atoms with Crippen molar-refractivity contribution in [3.05, 3.63) is 54.4 Å². The first-order chi connectivity index (χ1) is 10.8. The van der Waals surface area contributed by atoms with Crippen molar-refractivity contribution in [2.45, 2.75) is 12.5 Å². The summed E-state index contributed by atoms with van der Waals surface area (Å²) in [6, 6.07) is 11.4. The lowest BCUT2D eigenvalue weighted by Crippen LogP contribution is -2.36. The Bertz CT molecular complexity index is 691. The third kappa shape index (κ3) is 3.07. The van der Waals surface area contributed by atoms with Crippen LogP contribution in [0.25, 0.3) is 11.1 Å². The molecule has 0 radical (unpaired) electrons. The molecule has 1 atom stereocenters. The second-order valence-electron chi connectivity index (χ2n) is 5.32. The Balaban J connectivity index is 1.66. The number of nitriles is 1. The Hall–Kier alpha value is -2.87. The number of nitrogens with zero attached hydrogens (tertiary/aromatic N) is 3. The number of benzene rings is 1. The van der Waals surface area contributed by atoms with Gasteiger partial charge in [-0.2, -0.15) is 5.26 Å². The highest BCUT2D eigenvalue weighted by Crippen LogP contribution is 2.19. The summed E-state index contributed by atoms with van der Waals surface area (Å²) in [4.78, 5) is 17.9. The molecule has 1 aliphatic rings. The van der Waals surface area contributed by atoms with Crippen LogP contribution in [0.5, 0.6) is 0 Å². The van der Waals surface area contributed by atoms with E-state index in [1.54, 1.807) is 17.3 Å². The van der Waals surface area contributed by atoms with Gasteiger partial charge < -0.3 is 10.2 Å².